The fourth-order valence-electron chi connectivity index (χ4n) is 3.22. The van der Waals surface area contributed by atoms with Gasteiger partial charge in [0, 0.05) is 12.6 Å². The molecular formula is C15H31NO. The summed E-state index contributed by atoms with van der Waals surface area (Å²) in [5.41, 5.74) is 0. The Balaban J connectivity index is 2.30. The van der Waals surface area contributed by atoms with E-state index >= 15 is 0 Å². The van der Waals surface area contributed by atoms with Crippen molar-refractivity contribution in [3.63, 3.8) is 0 Å². The van der Waals surface area contributed by atoms with Gasteiger partial charge in [-0.05, 0) is 44.1 Å². The molecule has 0 aromatic rings. The third-order valence-electron chi connectivity index (χ3n) is 4.34. The Morgan fingerprint density at radius 1 is 1.18 bits per heavy atom. The van der Waals surface area contributed by atoms with Gasteiger partial charge in [0.1, 0.15) is 0 Å². The van der Waals surface area contributed by atoms with Crippen LogP contribution in [0.1, 0.15) is 65.2 Å². The smallest absolute Gasteiger partial charge is 0.0434 e. The first-order valence-corrected chi connectivity index (χ1v) is 7.66. The van der Waals surface area contributed by atoms with Gasteiger partial charge < -0.3 is 10.4 Å². The number of hydrogen-bond donors (Lipinski definition) is 2. The van der Waals surface area contributed by atoms with E-state index in [4.69, 9.17) is 5.11 Å². The molecular weight excluding hydrogens is 210 g/mol. The summed E-state index contributed by atoms with van der Waals surface area (Å²) < 4.78 is 0. The number of aliphatic hydroxyl groups excluding tert-OH is 1. The predicted octanol–water partition coefficient (Wildman–Crippen LogP) is 3.34. The van der Waals surface area contributed by atoms with Gasteiger partial charge in [-0.25, -0.2) is 0 Å². The number of hydrogen-bond acceptors (Lipinski definition) is 2. The van der Waals surface area contributed by atoms with E-state index in [-0.39, 0.29) is 0 Å². The highest BCUT2D eigenvalue weighted by molar-refractivity contribution is 4.81. The first-order valence-electron chi connectivity index (χ1n) is 7.66. The predicted molar refractivity (Wildman–Crippen MR) is 74.1 cm³/mol. The van der Waals surface area contributed by atoms with Crippen LogP contribution >= 0.6 is 0 Å². The second-order valence-electron chi connectivity index (χ2n) is 5.63. The zero-order valence-electron chi connectivity index (χ0n) is 11.8. The van der Waals surface area contributed by atoms with E-state index in [9.17, 15) is 0 Å². The van der Waals surface area contributed by atoms with E-state index in [0.717, 1.165) is 24.9 Å². The van der Waals surface area contributed by atoms with Crippen LogP contribution in [0.25, 0.3) is 0 Å². The first kappa shape index (κ1) is 15.0. The van der Waals surface area contributed by atoms with Crippen molar-refractivity contribution in [3.05, 3.63) is 0 Å². The lowest BCUT2D eigenvalue weighted by Gasteiger charge is -2.33. The number of aliphatic hydroxyl groups is 1. The molecule has 3 atom stereocenters. The van der Waals surface area contributed by atoms with E-state index in [2.05, 4.69) is 19.2 Å². The molecule has 0 radical (unpaired) electrons. The number of nitrogens with one attached hydrogen (secondary N) is 1. The van der Waals surface area contributed by atoms with Gasteiger partial charge in [0.2, 0.25) is 0 Å². The van der Waals surface area contributed by atoms with Crippen molar-refractivity contribution < 1.29 is 5.11 Å². The van der Waals surface area contributed by atoms with Gasteiger partial charge >= 0.3 is 0 Å². The summed E-state index contributed by atoms with van der Waals surface area (Å²) >= 11 is 0. The Bertz CT molecular complexity index is 178. The lowest BCUT2D eigenvalue weighted by atomic mass is 9.82. The van der Waals surface area contributed by atoms with Crippen molar-refractivity contribution in [2.75, 3.05) is 13.2 Å². The van der Waals surface area contributed by atoms with E-state index in [1.54, 1.807) is 0 Å². The van der Waals surface area contributed by atoms with Crippen LogP contribution in [0.3, 0.4) is 0 Å². The van der Waals surface area contributed by atoms with E-state index in [1.165, 1.54) is 44.9 Å². The molecule has 1 rings (SSSR count). The van der Waals surface area contributed by atoms with Crippen LogP contribution in [0, 0.1) is 11.8 Å². The Morgan fingerprint density at radius 2 is 1.94 bits per heavy atom. The highest BCUT2D eigenvalue weighted by Crippen LogP contribution is 2.27. The molecule has 1 aliphatic rings. The van der Waals surface area contributed by atoms with Crippen LogP contribution in [0.15, 0.2) is 0 Å². The van der Waals surface area contributed by atoms with E-state index in [1.807, 2.05) is 0 Å². The molecule has 1 fully saturated rings. The maximum absolute atomic E-state index is 9.07. The Hall–Kier alpha value is -0.0800. The van der Waals surface area contributed by atoms with Crippen molar-refractivity contribution in [2.24, 2.45) is 11.8 Å². The highest BCUT2D eigenvalue weighted by atomic mass is 16.3. The zero-order valence-corrected chi connectivity index (χ0v) is 11.8. The Kier molecular flexibility index (Phi) is 7.87. The normalized spacial score (nSPS) is 27.0. The summed E-state index contributed by atoms with van der Waals surface area (Å²) in [7, 11) is 0. The monoisotopic (exact) mass is 241 g/mol. The summed E-state index contributed by atoms with van der Waals surface area (Å²) in [6.07, 6.45) is 10.3. The molecule has 2 heteroatoms. The minimum atomic E-state index is 0.341. The molecule has 0 aromatic heterocycles. The lowest BCUT2D eigenvalue weighted by molar-refractivity contribution is 0.218. The molecule has 102 valence electrons. The summed E-state index contributed by atoms with van der Waals surface area (Å²) in [5.74, 6) is 1.56. The minimum absolute atomic E-state index is 0.341. The van der Waals surface area contributed by atoms with Gasteiger partial charge in [0.05, 0.1) is 0 Å². The third kappa shape index (κ3) is 5.39. The van der Waals surface area contributed by atoms with Crippen molar-refractivity contribution in [2.45, 2.75) is 71.3 Å². The molecule has 0 aliphatic heterocycles. The van der Waals surface area contributed by atoms with Crippen molar-refractivity contribution in [3.8, 4) is 0 Å². The van der Waals surface area contributed by atoms with Crippen LogP contribution in [0.5, 0.6) is 0 Å². The highest BCUT2D eigenvalue weighted by Gasteiger charge is 2.23. The van der Waals surface area contributed by atoms with Crippen LogP contribution < -0.4 is 5.32 Å². The first-order chi connectivity index (χ1) is 8.31. The molecule has 1 saturated carbocycles. The summed E-state index contributed by atoms with van der Waals surface area (Å²) in [6, 6.07) is 0.742. The standard InChI is InChI=1S/C15H31NO/c1-3-7-13(10-11-17)12-16-15-9-6-5-8-14(15)4-2/h13-17H,3-12H2,1-2H3. The van der Waals surface area contributed by atoms with E-state index < -0.39 is 0 Å². The molecule has 2 nitrogen and oxygen atoms in total. The maximum Gasteiger partial charge on any atom is 0.0434 e. The van der Waals surface area contributed by atoms with Crippen molar-refractivity contribution >= 4 is 0 Å². The van der Waals surface area contributed by atoms with Gasteiger partial charge in [-0.1, -0.05) is 39.5 Å². The lowest BCUT2D eigenvalue weighted by Crippen LogP contribution is -2.40. The van der Waals surface area contributed by atoms with Crippen LogP contribution in [0.4, 0.5) is 0 Å². The summed E-state index contributed by atoms with van der Waals surface area (Å²) in [5, 5.41) is 12.9. The fourth-order valence-corrected chi connectivity index (χ4v) is 3.22. The topological polar surface area (TPSA) is 32.3 Å². The fraction of sp³-hybridized carbons (Fsp3) is 1.00. The Morgan fingerprint density at radius 3 is 2.59 bits per heavy atom. The quantitative estimate of drug-likeness (QED) is 0.683. The SMILES string of the molecule is CCCC(CCO)CNC1CCCCC1CC. The van der Waals surface area contributed by atoms with Gasteiger partial charge in [0.15, 0.2) is 0 Å². The zero-order chi connectivity index (χ0) is 12.5. The summed E-state index contributed by atoms with van der Waals surface area (Å²) in [6.45, 7) is 6.01. The molecule has 3 unspecified atom stereocenters. The molecule has 0 bridgehead atoms. The second kappa shape index (κ2) is 8.93. The second-order valence-corrected chi connectivity index (χ2v) is 5.63. The largest absolute Gasteiger partial charge is 0.396 e. The molecule has 0 saturated heterocycles. The van der Waals surface area contributed by atoms with E-state index in [0.29, 0.717) is 12.5 Å². The maximum atomic E-state index is 9.07. The average molecular weight is 241 g/mol. The molecule has 1 aliphatic carbocycles. The van der Waals surface area contributed by atoms with Gasteiger partial charge in [-0.3, -0.25) is 0 Å². The van der Waals surface area contributed by atoms with Gasteiger partial charge in [-0.15, -0.1) is 0 Å². The summed E-state index contributed by atoms with van der Waals surface area (Å²) in [4.78, 5) is 0. The van der Waals surface area contributed by atoms with Crippen LogP contribution in [0.2, 0.25) is 0 Å². The average Bonchev–Trinajstić information content (AvgIpc) is 2.37. The van der Waals surface area contributed by atoms with Crippen LogP contribution in [-0.4, -0.2) is 24.3 Å². The third-order valence-corrected chi connectivity index (χ3v) is 4.34. The number of rotatable bonds is 8. The molecule has 0 amide bonds. The molecule has 2 N–H and O–H groups in total. The molecule has 17 heavy (non-hydrogen) atoms. The van der Waals surface area contributed by atoms with Gasteiger partial charge in [-0.2, -0.15) is 0 Å². The Labute approximate surface area is 107 Å². The van der Waals surface area contributed by atoms with Crippen molar-refractivity contribution in [1.29, 1.82) is 0 Å². The molecule has 0 spiro atoms. The molecule has 0 heterocycles. The van der Waals surface area contributed by atoms with Crippen LogP contribution in [-0.2, 0) is 0 Å². The van der Waals surface area contributed by atoms with Gasteiger partial charge in [0.25, 0.3) is 0 Å². The van der Waals surface area contributed by atoms with Crippen molar-refractivity contribution in [1.82, 2.24) is 5.32 Å². The molecule has 0 aromatic carbocycles. The minimum Gasteiger partial charge on any atom is -0.396 e.